The predicted octanol–water partition coefficient (Wildman–Crippen LogP) is 4.73. The fourth-order valence-corrected chi connectivity index (χ4v) is 2.87. The lowest BCUT2D eigenvalue weighted by Gasteiger charge is -2.21. The van der Waals surface area contributed by atoms with E-state index >= 15 is 0 Å². The molecule has 0 aliphatic carbocycles. The summed E-state index contributed by atoms with van der Waals surface area (Å²) in [4.78, 5) is 26.4. The number of anilines is 1. The quantitative estimate of drug-likeness (QED) is 0.622. The molecular weight excluding hydrogens is 408 g/mol. The molecule has 2 amide bonds. The highest BCUT2D eigenvalue weighted by Gasteiger charge is 2.14. The van der Waals surface area contributed by atoms with Crippen LogP contribution in [0.2, 0.25) is 0 Å². The zero-order valence-electron chi connectivity index (χ0n) is 15.7. The van der Waals surface area contributed by atoms with Crippen LogP contribution in [0.3, 0.4) is 0 Å². The molecule has 2 aromatic rings. The van der Waals surface area contributed by atoms with Crippen molar-refractivity contribution < 1.29 is 14.3 Å². The van der Waals surface area contributed by atoms with Crippen molar-refractivity contribution in [2.75, 3.05) is 25.0 Å². The number of carbonyl (C=O) groups excluding carboxylic acids is 2. The first-order chi connectivity index (χ1) is 13.0. The predicted molar refractivity (Wildman–Crippen MR) is 111 cm³/mol. The van der Waals surface area contributed by atoms with Gasteiger partial charge in [0.15, 0.2) is 6.61 Å². The first-order valence-electron chi connectivity index (χ1n) is 9.11. The van der Waals surface area contributed by atoms with Gasteiger partial charge < -0.3 is 15.0 Å². The van der Waals surface area contributed by atoms with E-state index in [0.29, 0.717) is 17.0 Å². The van der Waals surface area contributed by atoms with Crippen LogP contribution in [-0.4, -0.2) is 36.4 Å². The van der Waals surface area contributed by atoms with Crippen molar-refractivity contribution in [3.63, 3.8) is 0 Å². The Hall–Kier alpha value is -2.34. The molecule has 0 aliphatic heterocycles. The Balaban J connectivity index is 1.89. The normalized spacial score (nSPS) is 10.3. The number of ether oxygens (including phenoxy) is 1. The van der Waals surface area contributed by atoms with Gasteiger partial charge in [-0.15, -0.1) is 0 Å². The highest BCUT2D eigenvalue weighted by molar-refractivity contribution is 9.10. The number of hydrogen-bond acceptors (Lipinski definition) is 3. The molecule has 1 N–H and O–H groups in total. The molecule has 0 saturated carbocycles. The van der Waals surface area contributed by atoms with E-state index in [1.807, 2.05) is 17.0 Å². The van der Waals surface area contributed by atoms with Crippen molar-refractivity contribution in [3.05, 3.63) is 58.6 Å². The summed E-state index contributed by atoms with van der Waals surface area (Å²) >= 11 is 3.35. The highest BCUT2D eigenvalue weighted by atomic mass is 79.9. The molecule has 5 nitrogen and oxygen atoms in total. The summed E-state index contributed by atoms with van der Waals surface area (Å²) in [5, 5.41) is 2.77. The van der Waals surface area contributed by atoms with Gasteiger partial charge in [0, 0.05) is 28.8 Å². The zero-order valence-corrected chi connectivity index (χ0v) is 17.3. The Morgan fingerprint density at radius 2 is 1.56 bits per heavy atom. The minimum Gasteiger partial charge on any atom is -0.484 e. The third-order valence-electron chi connectivity index (χ3n) is 3.87. The Labute approximate surface area is 168 Å². The standard InChI is InChI=1S/C21H25BrN2O3/c1-3-13-24(14-4-2)21(26)16-5-9-18(10-6-16)23-20(25)15-27-19-11-7-17(22)8-12-19/h5-12H,3-4,13-15H2,1-2H3,(H,23,25). The van der Waals surface area contributed by atoms with Crippen molar-refractivity contribution in [1.82, 2.24) is 4.90 Å². The molecule has 0 aromatic heterocycles. The number of benzene rings is 2. The molecule has 27 heavy (non-hydrogen) atoms. The molecule has 2 aromatic carbocycles. The summed E-state index contributed by atoms with van der Waals surface area (Å²) in [6.07, 6.45) is 1.86. The van der Waals surface area contributed by atoms with E-state index in [0.717, 1.165) is 30.4 Å². The van der Waals surface area contributed by atoms with E-state index in [1.165, 1.54) is 0 Å². The summed E-state index contributed by atoms with van der Waals surface area (Å²) in [6, 6.07) is 14.2. The third kappa shape index (κ3) is 6.71. The fraction of sp³-hybridized carbons (Fsp3) is 0.333. The summed E-state index contributed by atoms with van der Waals surface area (Å²) in [5.74, 6) is 0.395. The topological polar surface area (TPSA) is 58.6 Å². The Bertz CT molecular complexity index is 739. The fourth-order valence-electron chi connectivity index (χ4n) is 2.61. The monoisotopic (exact) mass is 432 g/mol. The van der Waals surface area contributed by atoms with Gasteiger partial charge in [0.05, 0.1) is 0 Å². The van der Waals surface area contributed by atoms with Crippen molar-refractivity contribution in [2.24, 2.45) is 0 Å². The van der Waals surface area contributed by atoms with Crippen molar-refractivity contribution in [2.45, 2.75) is 26.7 Å². The second-order valence-electron chi connectivity index (χ2n) is 6.16. The van der Waals surface area contributed by atoms with Crippen LogP contribution in [0.25, 0.3) is 0 Å². The lowest BCUT2D eigenvalue weighted by atomic mass is 10.1. The van der Waals surface area contributed by atoms with Gasteiger partial charge in [0.1, 0.15) is 5.75 Å². The maximum atomic E-state index is 12.6. The van der Waals surface area contributed by atoms with E-state index in [2.05, 4.69) is 35.1 Å². The smallest absolute Gasteiger partial charge is 0.262 e. The van der Waals surface area contributed by atoms with Crippen LogP contribution in [0, 0.1) is 0 Å². The number of nitrogens with zero attached hydrogens (tertiary/aromatic N) is 1. The summed E-state index contributed by atoms with van der Waals surface area (Å²) in [6.45, 7) is 5.54. The first-order valence-corrected chi connectivity index (χ1v) is 9.90. The van der Waals surface area contributed by atoms with E-state index in [4.69, 9.17) is 4.74 Å². The van der Waals surface area contributed by atoms with Gasteiger partial charge in [0.2, 0.25) is 0 Å². The number of halogens is 1. The molecule has 0 radical (unpaired) electrons. The minimum absolute atomic E-state index is 0.0233. The molecule has 0 unspecified atom stereocenters. The molecular formula is C21H25BrN2O3. The zero-order chi connectivity index (χ0) is 19.6. The van der Waals surface area contributed by atoms with E-state index in [9.17, 15) is 9.59 Å². The molecule has 2 rings (SSSR count). The number of rotatable bonds is 9. The highest BCUT2D eigenvalue weighted by Crippen LogP contribution is 2.16. The molecule has 0 bridgehead atoms. The molecule has 0 spiro atoms. The van der Waals surface area contributed by atoms with Crippen LogP contribution in [0.4, 0.5) is 5.69 Å². The molecule has 0 heterocycles. The average molecular weight is 433 g/mol. The van der Waals surface area contributed by atoms with E-state index in [1.54, 1.807) is 36.4 Å². The van der Waals surface area contributed by atoms with Crippen LogP contribution in [0.5, 0.6) is 5.75 Å². The minimum atomic E-state index is -0.254. The van der Waals surface area contributed by atoms with Gasteiger partial charge >= 0.3 is 0 Å². The van der Waals surface area contributed by atoms with Crippen LogP contribution in [0.1, 0.15) is 37.0 Å². The molecule has 0 saturated heterocycles. The van der Waals surface area contributed by atoms with Crippen molar-refractivity contribution in [3.8, 4) is 5.75 Å². The molecule has 0 atom stereocenters. The maximum absolute atomic E-state index is 12.6. The molecule has 6 heteroatoms. The number of amides is 2. The Kier molecular flexibility index (Phi) is 8.33. The van der Waals surface area contributed by atoms with Crippen molar-refractivity contribution in [1.29, 1.82) is 0 Å². The lowest BCUT2D eigenvalue weighted by Crippen LogP contribution is -2.32. The van der Waals surface area contributed by atoms with Gasteiger partial charge in [-0.3, -0.25) is 9.59 Å². The summed E-state index contributed by atoms with van der Waals surface area (Å²) in [7, 11) is 0. The third-order valence-corrected chi connectivity index (χ3v) is 4.40. The number of carbonyl (C=O) groups is 2. The number of hydrogen-bond donors (Lipinski definition) is 1. The van der Waals surface area contributed by atoms with E-state index < -0.39 is 0 Å². The maximum Gasteiger partial charge on any atom is 0.262 e. The Morgan fingerprint density at radius 3 is 2.11 bits per heavy atom. The van der Waals surface area contributed by atoms with E-state index in [-0.39, 0.29) is 18.4 Å². The van der Waals surface area contributed by atoms with Gasteiger partial charge in [-0.25, -0.2) is 0 Å². The molecule has 144 valence electrons. The van der Waals surface area contributed by atoms with Crippen LogP contribution in [0.15, 0.2) is 53.0 Å². The average Bonchev–Trinajstić information content (AvgIpc) is 2.67. The van der Waals surface area contributed by atoms with Crippen molar-refractivity contribution >= 4 is 33.4 Å². The summed E-state index contributed by atoms with van der Waals surface area (Å²) in [5.41, 5.74) is 1.26. The van der Waals surface area contributed by atoms with Gasteiger partial charge in [0.25, 0.3) is 11.8 Å². The van der Waals surface area contributed by atoms with Crippen LogP contribution in [-0.2, 0) is 4.79 Å². The van der Waals surface area contributed by atoms with Gasteiger partial charge in [-0.05, 0) is 61.4 Å². The van der Waals surface area contributed by atoms with Gasteiger partial charge in [-0.1, -0.05) is 29.8 Å². The van der Waals surface area contributed by atoms with Gasteiger partial charge in [-0.2, -0.15) is 0 Å². The second kappa shape index (κ2) is 10.7. The first kappa shape index (κ1) is 21.0. The molecule has 0 aliphatic rings. The molecule has 0 fully saturated rings. The van der Waals surface area contributed by atoms with Crippen LogP contribution >= 0.6 is 15.9 Å². The lowest BCUT2D eigenvalue weighted by molar-refractivity contribution is -0.118. The number of nitrogens with one attached hydrogen (secondary N) is 1. The second-order valence-corrected chi connectivity index (χ2v) is 7.08. The Morgan fingerprint density at radius 1 is 0.963 bits per heavy atom. The largest absolute Gasteiger partial charge is 0.484 e. The SMILES string of the molecule is CCCN(CCC)C(=O)c1ccc(NC(=O)COc2ccc(Br)cc2)cc1. The van der Waals surface area contributed by atoms with Crippen LogP contribution < -0.4 is 10.1 Å². The summed E-state index contributed by atoms with van der Waals surface area (Å²) < 4.78 is 6.40.